The van der Waals surface area contributed by atoms with Crippen LogP contribution >= 0.6 is 0 Å². The van der Waals surface area contributed by atoms with Crippen molar-refractivity contribution < 1.29 is 22.8 Å². The summed E-state index contributed by atoms with van der Waals surface area (Å²) in [6.07, 6.45) is -0.785. The molecule has 1 aromatic rings. The molecule has 2 N–H and O–H groups in total. The fraction of sp³-hybridized carbons (Fsp3) is 0.333. The van der Waals surface area contributed by atoms with E-state index in [1.165, 1.54) is 19.2 Å². The summed E-state index contributed by atoms with van der Waals surface area (Å²) in [5.41, 5.74) is 0.495. The molecule has 0 aliphatic rings. The first-order chi connectivity index (χ1) is 6.92. The summed E-state index contributed by atoms with van der Waals surface area (Å²) in [5, 5.41) is 9.19. The minimum Gasteiger partial charge on any atom is -0.508 e. The number of aromatic hydroxyl groups is 1. The van der Waals surface area contributed by atoms with Crippen LogP contribution in [0, 0.1) is 0 Å². The highest BCUT2D eigenvalue weighted by Crippen LogP contribution is 2.21. The third-order valence-corrected chi connectivity index (χ3v) is 2.61. The van der Waals surface area contributed by atoms with E-state index in [0.717, 1.165) is 0 Å². The number of phenolic OH excluding ortho intramolecular Hbond substituents is 1. The second-order valence-corrected chi connectivity index (χ2v) is 4.57. The number of methoxy groups -OCH3 is 1. The standard InChI is InChI=1S/C9H12O5S/c1-14-9(6-15(11,12)13)7-3-2-4-8(10)5-7/h2-5,9-10H,6H2,1H3,(H,11,12,13). The average Bonchev–Trinajstić information content (AvgIpc) is 2.13. The molecule has 0 fully saturated rings. The maximum atomic E-state index is 10.7. The first-order valence-corrected chi connectivity index (χ1v) is 5.80. The van der Waals surface area contributed by atoms with Crippen molar-refractivity contribution in [3.05, 3.63) is 29.8 Å². The SMILES string of the molecule is COC(CS(=O)(=O)O)c1cccc(O)c1. The molecular formula is C9H12O5S. The topological polar surface area (TPSA) is 83.8 Å². The highest BCUT2D eigenvalue weighted by molar-refractivity contribution is 7.85. The van der Waals surface area contributed by atoms with Crippen LogP contribution in [0.4, 0.5) is 0 Å². The van der Waals surface area contributed by atoms with Crippen molar-refractivity contribution in [1.29, 1.82) is 0 Å². The number of phenols is 1. The zero-order valence-corrected chi connectivity index (χ0v) is 8.94. The lowest BCUT2D eigenvalue weighted by Gasteiger charge is -2.13. The Bertz CT molecular complexity index is 426. The molecule has 0 radical (unpaired) electrons. The smallest absolute Gasteiger partial charge is 0.267 e. The molecule has 15 heavy (non-hydrogen) atoms. The molecule has 0 aromatic heterocycles. The summed E-state index contributed by atoms with van der Waals surface area (Å²) in [5.74, 6) is -0.516. The van der Waals surface area contributed by atoms with Crippen LogP contribution in [0.2, 0.25) is 0 Å². The number of ether oxygens (including phenoxy) is 1. The summed E-state index contributed by atoms with van der Waals surface area (Å²) < 4.78 is 34.9. The molecule has 0 spiro atoms. The van der Waals surface area contributed by atoms with Gasteiger partial charge in [-0.1, -0.05) is 12.1 Å². The van der Waals surface area contributed by atoms with Crippen LogP contribution in [0.15, 0.2) is 24.3 Å². The Morgan fingerprint density at radius 2 is 2.13 bits per heavy atom. The van der Waals surface area contributed by atoms with Crippen molar-refractivity contribution in [2.75, 3.05) is 12.9 Å². The third-order valence-electron chi connectivity index (χ3n) is 1.89. The minimum atomic E-state index is -4.10. The number of hydrogen-bond donors (Lipinski definition) is 2. The molecule has 0 aliphatic heterocycles. The molecular weight excluding hydrogens is 220 g/mol. The summed E-state index contributed by atoms with van der Waals surface area (Å²) in [4.78, 5) is 0. The van der Waals surface area contributed by atoms with Gasteiger partial charge in [-0.25, -0.2) is 0 Å². The molecule has 0 heterocycles. The molecule has 0 bridgehead atoms. The van der Waals surface area contributed by atoms with Gasteiger partial charge >= 0.3 is 0 Å². The molecule has 1 atom stereocenters. The van der Waals surface area contributed by atoms with Gasteiger partial charge < -0.3 is 9.84 Å². The fourth-order valence-electron chi connectivity index (χ4n) is 1.22. The average molecular weight is 232 g/mol. The van der Waals surface area contributed by atoms with E-state index in [4.69, 9.17) is 9.29 Å². The van der Waals surface area contributed by atoms with Gasteiger partial charge in [0, 0.05) is 7.11 Å². The Balaban J connectivity index is 2.93. The molecule has 0 saturated heterocycles. The van der Waals surface area contributed by atoms with Crippen LogP contribution in [0.25, 0.3) is 0 Å². The van der Waals surface area contributed by atoms with Gasteiger partial charge in [-0.15, -0.1) is 0 Å². The fourth-order valence-corrected chi connectivity index (χ4v) is 1.93. The second kappa shape index (κ2) is 4.61. The van der Waals surface area contributed by atoms with Crippen molar-refractivity contribution in [2.45, 2.75) is 6.10 Å². The van der Waals surface area contributed by atoms with E-state index in [2.05, 4.69) is 0 Å². The Morgan fingerprint density at radius 1 is 1.47 bits per heavy atom. The normalized spacial score (nSPS) is 13.7. The monoisotopic (exact) mass is 232 g/mol. The van der Waals surface area contributed by atoms with Crippen LogP contribution in [-0.4, -0.2) is 30.9 Å². The lowest BCUT2D eigenvalue weighted by Crippen LogP contribution is -2.15. The van der Waals surface area contributed by atoms with E-state index in [0.29, 0.717) is 5.56 Å². The van der Waals surface area contributed by atoms with Crippen LogP contribution in [0.3, 0.4) is 0 Å². The minimum absolute atomic E-state index is 0.0184. The van der Waals surface area contributed by atoms with Gasteiger partial charge in [0.2, 0.25) is 0 Å². The van der Waals surface area contributed by atoms with Crippen LogP contribution in [0.5, 0.6) is 5.75 Å². The Kier molecular flexibility index (Phi) is 3.67. The lowest BCUT2D eigenvalue weighted by molar-refractivity contribution is 0.120. The van der Waals surface area contributed by atoms with Gasteiger partial charge in [0.25, 0.3) is 10.1 Å². The lowest BCUT2D eigenvalue weighted by atomic mass is 10.1. The summed E-state index contributed by atoms with van der Waals surface area (Å²) in [6, 6.07) is 6.03. The van der Waals surface area contributed by atoms with E-state index in [9.17, 15) is 13.5 Å². The highest BCUT2D eigenvalue weighted by atomic mass is 32.2. The second-order valence-electron chi connectivity index (χ2n) is 3.07. The van der Waals surface area contributed by atoms with Gasteiger partial charge in [0.05, 0.1) is 6.10 Å². The zero-order valence-electron chi connectivity index (χ0n) is 8.12. The molecule has 0 aliphatic carbocycles. The van der Waals surface area contributed by atoms with E-state index < -0.39 is 22.0 Å². The maximum Gasteiger partial charge on any atom is 0.267 e. The Morgan fingerprint density at radius 3 is 2.60 bits per heavy atom. The molecule has 0 saturated carbocycles. The third kappa shape index (κ3) is 3.86. The van der Waals surface area contributed by atoms with Crippen molar-refractivity contribution in [1.82, 2.24) is 0 Å². The van der Waals surface area contributed by atoms with E-state index in [-0.39, 0.29) is 5.75 Å². The summed E-state index contributed by atoms with van der Waals surface area (Å²) >= 11 is 0. The van der Waals surface area contributed by atoms with E-state index >= 15 is 0 Å². The van der Waals surface area contributed by atoms with Crippen molar-refractivity contribution in [2.24, 2.45) is 0 Å². The van der Waals surface area contributed by atoms with Crippen LogP contribution < -0.4 is 0 Å². The van der Waals surface area contributed by atoms with E-state index in [1.807, 2.05) is 0 Å². The van der Waals surface area contributed by atoms with Gasteiger partial charge in [-0.05, 0) is 17.7 Å². The van der Waals surface area contributed by atoms with Gasteiger partial charge in [-0.3, -0.25) is 4.55 Å². The summed E-state index contributed by atoms with van der Waals surface area (Å²) in [7, 11) is -2.77. The van der Waals surface area contributed by atoms with Crippen molar-refractivity contribution in [3.8, 4) is 5.75 Å². The maximum absolute atomic E-state index is 10.7. The van der Waals surface area contributed by atoms with Crippen molar-refractivity contribution >= 4 is 10.1 Å². The van der Waals surface area contributed by atoms with Gasteiger partial charge in [-0.2, -0.15) is 8.42 Å². The molecule has 0 amide bonds. The largest absolute Gasteiger partial charge is 0.508 e. The highest BCUT2D eigenvalue weighted by Gasteiger charge is 2.18. The molecule has 1 rings (SSSR count). The van der Waals surface area contributed by atoms with Crippen LogP contribution in [-0.2, 0) is 14.9 Å². The number of hydrogen-bond acceptors (Lipinski definition) is 4. The molecule has 84 valence electrons. The zero-order chi connectivity index (χ0) is 11.5. The molecule has 1 aromatic carbocycles. The number of benzene rings is 1. The van der Waals surface area contributed by atoms with Crippen LogP contribution in [0.1, 0.15) is 11.7 Å². The Labute approximate surface area is 88.1 Å². The van der Waals surface area contributed by atoms with Gasteiger partial charge in [0.15, 0.2) is 0 Å². The predicted octanol–water partition coefficient (Wildman–Crippen LogP) is 0.968. The number of rotatable bonds is 4. The molecule has 5 nitrogen and oxygen atoms in total. The van der Waals surface area contributed by atoms with Gasteiger partial charge in [0.1, 0.15) is 11.5 Å². The first-order valence-electron chi connectivity index (χ1n) is 4.19. The first kappa shape index (κ1) is 12.0. The molecule has 1 unspecified atom stereocenters. The van der Waals surface area contributed by atoms with Crippen molar-refractivity contribution in [3.63, 3.8) is 0 Å². The van der Waals surface area contributed by atoms with E-state index in [1.54, 1.807) is 12.1 Å². The molecule has 6 heteroatoms. The summed E-state index contributed by atoms with van der Waals surface area (Å²) in [6.45, 7) is 0. The Hall–Kier alpha value is -1.11. The quantitative estimate of drug-likeness (QED) is 0.755. The predicted molar refractivity (Wildman–Crippen MR) is 54.3 cm³/mol.